The van der Waals surface area contributed by atoms with Gasteiger partial charge < -0.3 is 9.52 Å². The Balaban J connectivity index is 1.32. The summed E-state index contributed by atoms with van der Waals surface area (Å²) < 4.78 is 89.3. The van der Waals surface area contributed by atoms with Crippen molar-refractivity contribution < 1.29 is 55.0 Å². The maximum atomic E-state index is 15.0. The summed E-state index contributed by atoms with van der Waals surface area (Å²) in [6.45, 7) is -0.495. The summed E-state index contributed by atoms with van der Waals surface area (Å²) in [7, 11) is 0. The molecule has 1 saturated heterocycles. The Morgan fingerprint density at radius 3 is 2.00 bits per heavy atom. The van der Waals surface area contributed by atoms with Gasteiger partial charge in [0.25, 0.3) is 0 Å². The van der Waals surface area contributed by atoms with Crippen LogP contribution in [0.3, 0.4) is 0 Å². The predicted molar refractivity (Wildman–Crippen MR) is 180 cm³/mol. The molecule has 4 aliphatic rings. The van der Waals surface area contributed by atoms with E-state index in [-0.39, 0.29) is 36.0 Å². The van der Waals surface area contributed by atoms with Gasteiger partial charge in [0.05, 0.1) is 40.0 Å². The van der Waals surface area contributed by atoms with E-state index in [4.69, 9.17) is 4.42 Å². The number of carbonyl (C=O) groups is 4. The number of allylic oxidation sites excluding steroid dienone is 4. The van der Waals surface area contributed by atoms with E-state index in [1.807, 2.05) is 0 Å². The summed E-state index contributed by atoms with van der Waals surface area (Å²) in [5.41, 5.74) is -4.33. The number of carbonyl (C=O) groups excluding carboxylic acids is 4. The molecule has 3 aromatic carbocycles. The highest BCUT2D eigenvalue weighted by atomic mass is 19.4. The van der Waals surface area contributed by atoms with Crippen molar-refractivity contribution in [3.63, 3.8) is 0 Å². The van der Waals surface area contributed by atoms with E-state index in [0.717, 1.165) is 0 Å². The summed E-state index contributed by atoms with van der Waals surface area (Å²) in [5.74, 6) is -8.14. The number of nitrogens with zero attached hydrogens (tertiary/aromatic N) is 1. The van der Waals surface area contributed by atoms with E-state index in [2.05, 4.69) is 0 Å². The molecule has 4 aromatic rings. The minimum atomic E-state index is -5.23. The maximum absolute atomic E-state index is 15.0. The highest BCUT2D eigenvalue weighted by molar-refractivity contribution is 6.32. The van der Waals surface area contributed by atoms with E-state index >= 15 is 0 Å². The van der Waals surface area contributed by atoms with Crippen LogP contribution in [0, 0.1) is 23.7 Å². The van der Waals surface area contributed by atoms with Crippen molar-refractivity contribution in [2.45, 2.75) is 43.1 Å². The zero-order valence-electron chi connectivity index (χ0n) is 28.0. The average Bonchev–Trinajstić information content (AvgIpc) is 3.73. The van der Waals surface area contributed by atoms with Crippen LogP contribution in [0.5, 0.6) is 0 Å². The molecule has 1 saturated carbocycles. The lowest BCUT2D eigenvalue weighted by Crippen LogP contribution is -2.58. The molecule has 2 amide bonds. The average molecular weight is 746 g/mol. The maximum Gasteiger partial charge on any atom is 0.416 e. The number of Topliss-reactive ketones (excluding diaryl/α,β-unsaturated/α-hetero) is 1. The molecule has 0 radical (unpaired) electrons. The van der Waals surface area contributed by atoms with Gasteiger partial charge in [-0.15, -0.1) is 0 Å². The van der Waals surface area contributed by atoms with Crippen molar-refractivity contribution in [3.8, 4) is 0 Å². The zero-order chi connectivity index (χ0) is 38.3. The number of aliphatic hydroxyl groups excluding tert-OH is 1. The van der Waals surface area contributed by atoms with Gasteiger partial charge in [0, 0.05) is 11.5 Å². The second-order valence-corrected chi connectivity index (χ2v) is 14.0. The summed E-state index contributed by atoms with van der Waals surface area (Å²) in [6.07, 6.45) is -7.74. The van der Waals surface area contributed by atoms with Crippen molar-refractivity contribution in [2.24, 2.45) is 23.7 Å². The number of fused-ring (bicyclic) bond motifs is 4. The van der Waals surface area contributed by atoms with E-state index in [0.29, 0.717) is 33.7 Å². The molecule has 0 bridgehead atoms. The topological polar surface area (TPSA) is 105 Å². The molecule has 276 valence electrons. The largest absolute Gasteiger partial charge is 0.463 e. The molecule has 2 fully saturated rings. The molecule has 6 atom stereocenters. The van der Waals surface area contributed by atoms with Gasteiger partial charge in [0.15, 0.2) is 11.6 Å². The van der Waals surface area contributed by atoms with Gasteiger partial charge in [-0.05, 0) is 66.3 Å². The number of furan rings is 1. The minimum absolute atomic E-state index is 0.0797. The van der Waals surface area contributed by atoms with Gasteiger partial charge in [-0.1, -0.05) is 72.3 Å². The number of alkyl halides is 6. The van der Waals surface area contributed by atoms with Gasteiger partial charge >= 0.3 is 12.4 Å². The molecule has 0 unspecified atom stereocenters. The molecule has 3 aliphatic carbocycles. The van der Waals surface area contributed by atoms with Crippen LogP contribution in [-0.4, -0.2) is 28.5 Å². The third-order valence-corrected chi connectivity index (χ3v) is 11.3. The van der Waals surface area contributed by atoms with Gasteiger partial charge in [0.1, 0.15) is 18.1 Å². The number of ketones is 2. The Kier molecular flexibility index (Phi) is 8.22. The summed E-state index contributed by atoms with van der Waals surface area (Å²) >= 11 is 0. The highest BCUT2D eigenvalue weighted by Gasteiger charge is 2.66. The minimum Gasteiger partial charge on any atom is -0.463 e. The van der Waals surface area contributed by atoms with Gasteiger partial charge in [0.2, 0.25) is 11.8 Å². The monoisotopic (exact) mass is 745 g/mol. The number of anilines is 1. The number of rotatable bonds is 5. The molecule has 2 heterocycles. The number of benzene rings is 3. The van der Waals surface area contributed by atoms with Gasteiger partial charge in [-0.25, -0.2) is 4.90 Å². The third kappa shape index (κ3) is 5.31. The standard InChI is InChI=1S/C41H29F6NO6/c42-40(43,44)23-15-24(41(45,46)47)17-25(16-23)48-37(52)28-13-12-27-30(34(28)38(48)53)18-31-36(51)29(21-7-3-1-4-8-21)19-33(50)39(31,22-9-5-2-6-10-22)35(27)32-14-11-26(20-49)54-32/h1-12,14-17,19,28,30-31,34-35,49H,13,18,20H2/t28-,30+,31-,34-,35+,39-/m0/s1. The summed E-state index contributed by atoms with van der Waals surface area (Å²) in [4.78, 5) is 58.7. The molecule has 1 N–H and O–H groups in total. The SMILES string of the molecule is O=C1C(c2ccccc2)=CC(=O)[C@@]2(c3ccccc3)[C@@H](c3ccc(CO)o3)C3=CC[C@@H]4C(=O)N(c5cc(C(F)(F)F)cc(C(F)(F)F)c5)C(=O)[C@@H]4[C@@H]3C[C@@H]12. The first-order valence-electron chi connectivity index (χ1n) is 17.1. The Morgan fingerprint density at radius 1 is 0.778 bits per heavy atom. The van der Waals surface area contributed by atoms with Crippen molar-refractivity contribution in [1.82, 2.24) is 0 Å². The number of amides is 2. The Bertz CT molecular complexity index is 2240. The zero-order valence-corrected chi connectivity index (χ0v) is 28.0. The second-order valence-electron chi connectivity index (χ2n) is 14.0. The third-order valence-electron chi connectivity index (χ3n) is 11.3. The molecule has 54 heavy (non-hydrogen) atoms. The predicted octanol–water partition coefficient (Wildman–Crippen LogP) is 7.84. The van der Waals surface area contributed by atoms with Crippen molar-refractivity contribution in [1.29, 1.82) is 0 Å². The van der Waals surface area contributed by atoms with E-state index in [9.17, 15) is 50.6 Å². The fourth-order valence-corrected chi connectivity index (χ4v) is 9.14. The van der Waals surface area contributed by atoms with Crippen LogP contribution < -0.4 is 4.90 Å². The molecule has 1 aromatic heterocycles. The molecular formula is C41H29F6NO6. The lowest BCUT2D eigenvalue weighted by Gasteiger charge is -2.54. The van der Waals surface area contributed by atoms with E-state index in [1.165, 1.54) is 12.1 Å². The fourth-order valence-electron chi connectivity index (χ4n) is 9.14. The van der Waals surface area contributed by atoms with E-state index < -0.39 is 94.2 Å². The molecule has 1 aliphatic heterocycles. The Morgan fingerprint density at radius 2 is 1.41 bits per heavy atom. The molecule has 8 rings (SSSR count). The van der Waals surface area contributed by atoms with E-state index in [1.54, 1.807) is 72.8 Å². The lowest BCUT2D eigenvalue weighted by atomic mass is 9.45. The quantitative estimate of drug-likeness (QED) is 0.127. The van der Waals surface area contributed by atoms with Crippen LogP contribution in [0.4, 0.5) is 32.0 Å². The van der Waals surface area contributed by atoms with Gasteiger partial charge in [-0.3, -0.25) is 19.2 Å². The fraction of sp³-hybridized carbons (Fsp3) is 0.268. The van der Waals surface area contributed by atoms with Crippen LogP contribution in [0.25, 0.3) is 5.57 Å². The molecule has 13 heteroatoms. The summed E-state index contributed by atoms with van der Waals surface area (Å²) in [6, 6.07) is 20.8. The number of aliphatic hydroxyl groups is 1. The number of hydrogen-bond acceptors (Lipinski definition) is 6. The van der Waals surface area contributed by atoms with Crippen molar-refractivity contribution >= 4 is 34.6 Å². The number of halogens is 6. The van der Waals surface area contributed by atoms with Crippen molar-refractivity contribution in [3.05, 3.63) is 142 Å². The first-order valence-corrected chi connectivity index (χ1v) is 17.1. The van der Waals surface area contributed by atoms with Crippen LogP contribution in [0.1, 0.15) is 52.5 Å². The normalized spacial score (nSPS) is 26.9. The lowest BCUT2D eigenvalue weighted by molar-refractivity contribution is -0.143. The summed E-state index contributed by atoms with van der Waals surface area (Å²) in [5, 5.41) is 9.95. The first-order chi connectivity index (χ1) is 25.7. The first kappa shape index (κ1) is 35.5. The van der Waals surface area contributed by atoms with Crippen molar-refractivity contribution in [2.75, 3.05) is 4.90 Å². The van der Waals surface area contributed by atoms with Gasteiger partial charge in [-0.2, -0.15) is 26.3 Å². The second kappa shape index (κ2) is 12.5. The van der Waals surface area contributed by atoms with Crippen LogP contribution in [-0.2, 0) is 43.6 Å². The molecule has 7 nitrogen and oxygen atoms in total. The Hall–Kier alpha value is -5.56. The smallest absolute Gasteiger partial charge is 0.416 e. The Labute approximate surface area is 303 Å². The van der Waals surface area contributed by atoms with Crippen LogP contribution >= 0.6 is 0 Å². The number of hydrogen-bond donors (Lipinski definition) is 1. The molecular weight excluding hydrogens is 716 g/mol. The highest BCUT2D eigenvalue weighted by Crippen LogP contribution is 2.64. The number of imide groups is 1. The van der Waals surface area contributed by atoms with Crippen LogP contribution in [0.15, 0.2) is 113 Å². The molecule has 0 spiro atoms. The van der Waals surface area contributed by atoms with Crippen LogP contribution in [0.2, 0.25) is 0 Å².